The van der Waals surface area contributed by atoms with E-state index in [9.17, 15) is 14.3 Å². The number of rotatable bonds is 2. The fourth-order valence-corrected chi connectivity index (χ4v) is 6.88. The first kappa shape index (κ1) is 19.7. The number of benzene rings is 2. The molecule has 4 nitrogen and oxygen atoms in total. The minimum Gasteiger partial charge on any atom is -0.507 e. The summed E-state index contributed by atoms with van der Waals surface area (Å²) in [5.74, 6) is 1.86. The van der Waals surface area contributed by atoms with Gasteiger partial charge in [-0.15, -0.1) is 0 Å². The summed E-state index contributed by atoms with van der Waals surface area (Å²) in [6.45, 7) is 2.20. The molecule has 3 aliphatic rings. The van der Waals surface area contributed by atoms with E-state index in [1.54, 1.807) is 23.0 Å². The van der Waals surface area contributed by atoms with Crippen LogP contribution in [0.3, 0.4) is 0 Å². The van der Waals surface area contributed by atoms with Crippen molar-refractivity contribution in [3.8, 4) is 22.7 Å². The molecule has 6 rings (SSSR count). The number of nitrogens with zero attached hydrogens (tertiary/aromatic N) is 2. The van der Waals surface area contributed by atoms with E-state index in [1.807, 2.05) is 12.1 Å². The number of aryl methyl sites for hydroxylation is 1. The molecule has 4 atom stereocenters. The number of carbonyl (C=O) groups excluding carboxylic acids is 1. The van der Waals surface area contributed by atoms with E-state index < -0.39 is 0 Å². The molecule has 164 valence electrons. The third-order valence-corrected chi connectivity index (χ3v) is 8.54. The van der Waals surface area contributed by atoms with Crippen LogP contribution in [0.5, 0.6) is 5.75 Å². The van der Waals surface area contributed by atoms with Crippen LogP contribution >= 0.6 is 0 Å². The number of aromatic hydroxyl groups is 1. The zero-order valence-electron chi connectivity index (χ0n) is 18.2. The van der Waals surface area contributed by atoms with Crippen LogP contribution in [0.1, 0.15) is 56.1 Å². The van der Waals surface area contributed by atoms with Crippen molar-refractivity contribution in [1.82, 2.24) is 9.78 Å². The highest BCUT2D eigenvalue weighted by Crippen LogP contribution is 2.60. The van der Waals surface area contributed by atoms with Crippen molar-refractivity contribution in [2.75, 3.05) is 0 Å². The smallest absolute Gasteiger partial charge is 0.139 e. The van der Waals surface area contributed by atoms with Crippen LogP contribution in [0.4, 0.5) is 4.39 Å². The lowest BCUT2D eigenvalue weighted by molar-refractivity contribution is -0.129. The molecule has 2 aromatic carbocycles. The van der Waals surface area contributed by atoms with Gasteiger partial charge in [0.2, 0.25) is 0 Å². The molecule has 3 aromatic rings. The van der Waals surface area contributed by atoms with Crippen LogP contribution in [-0.2, 0) is 11.2 Å². The number of fused-ring (bicyclic) bond motifs is 5. The molecule has 0 amide bonds. The van der Waals surface area contributed by atoms with Gasteiger partial charge in [-0.05, 0) is 103 Å². The zero-order valence-corrected chi connectivity index (χ0v) is 18.2. The second kappa shape index (κ2) is 7.03. The molecule has 0 bridgehead atoms. The lowest BCUT2D eigenvalue weighted by Crippen LogP contribution is -2.42. The Labute approximate surface area is 187 Å². The average Bonchev–Trinajstić information content (AvgIpc) is 3.38. The van der Waals surface area contributed by atoms with E-state index in [0.717, 1.165) is 55.5 Å². The third kappa shape index (κ3) is 2.79. The summed E-state index contributed by atoms with van der Waals surface area (Å²) in [6.07, 6.45) is 7.48. The summed E-state index contributed by atoms with van der Waals surface area (Å²) in [5.41, 5.74) is 4.70. The third-order valence-electron chi connectivity index (χ3n) is 8.54. The van der Waals surface area contributed by atoms with E-state index >= 15 is 0 Å². The number of halogens is 1. The van der Waals surface area contributed by atoms with E-state index in [0.29, 0.717) is 23.5 Å². The Bertz CT molecular complexity index is 1210. The van der Waals surface area contributed by atoms with E-state index in [-0.39, 0.29) is 17.0 Å². The van der Waals surface area contributed by atoms with Crippen LogP contribution in [0.2, 0.25) is 0 Å². The molecule has 1 aromatic heterocycles. The Balaban J connectivity index is 1.42. The fraction of sp³-hybridized carbons (Fsp3) is 0.407. The van der Waals surface area contributed by atoms with Crippen molar-refractivity contribution in [3.63, 3.8) is 0 Å². The van der Waals surface area contributed by atoms with Crippen LogP contribution < -0.4 is 0 Å². The van der Waals surface area contributed by atoms with Gasteiger partial charge in [-0.1, -0.05) is 6.92 Å². The summed E-state index contributed by atoms with van der Waals surface area (Å²) in [7, 11) is 0. The largest absolute Gasteiger partial charge is 0.507 e. The SMILES string of the molecule is C[C@@]12CC[C@@H]3c4cc(-c5ccnn5-c5ccc(F)cc5)c(O)cc4CC[C@H]3[C@@H]1CCC2=O. The van der Waals surface area contributed by atoms with Crippen LogP contribution in [0.15, 0.2) is 48.7 Å². The van der Waals surface area contributed by atoms with Gasteiger partial charge in [0.15, 0.2) is 0 Å². The second-order valence-electron chi connectivity index (χ2n) is 10.0. The first-order chi connectivity index (χ1) is 15.5. The van der Waals surface area contributed by atoms with Crippen LogP contribution in [-0.4, -0.2) is 20.7 Å². The van der Waals surface area contributed by atoms with Crippen molar-refractivity contribution in [2.24, 2.45) is 17.3 Å². The lowest BCUT2D eigenvalue weighted by atomic mass is 9.55. The van der Waals surface area contributed by atoms with Gasteiger partial charge in [0, 0.05) is 17.4 Å². The molecule has 3 aliphatic carbocycles. The first-order valence-electron chi connectivity index (χ1n) is 11.6. The highest BCUT2D eigenvalue weighted by atomic mass is 19.1. The van der Waals surface area contributed by atoms with E-state index in [2.05, 4.69) is 18.1 Å². The van der Waals surface area contributed by atoms with Crippen molar-refractivity contribution in [1.29, 1.82) is 0 Å². The predicted octanol–water partition coefficient (Wildman–Crippen LogP) is 5.81. The maximum atomic E-state index is 13.4. The summed E-state index contributed by atoms with van der Waals surface area (Å²) < 4.78 is 15.2. The quantitative estimate of drug-likeness (QED) is 0.558. The van der Waals surface area contributed by atoms with Gasteiger partial charge in [-0.2, -0.15) is 5.10 Å². The Morgan fingerprint density at radius 2 is 1.91 bits per heavy atom. The zero-order chi connectivity index (χ0) is 22.0. The van der Waals surface area contributed by atoms with Gasteiger partial charge in [-0.3, -0.25) is 4.79 Å². The number of hydrogen-bond donors (Lipinski definition) is 1. The Hall–Kier alpha value is -2.95. The number of ketones is 1. The Morgan fingerprint density at radius 3 is 2.72 bits per heavy atom. The van der Waals surface area contributed by atoms with Crippen LogP contribution in [0, 0.1) is 23.1 Å². The molecule has 1 heterocycles. The highest BCUT2D eigenvalue weighted by Gasteiger charge is 2.54. The fourth-order valence-electron chi connectivity index (χ4n) is 6.88. The predicted molar refractivity (Wildman–Crippen MR) is 120 cm³/mol. The summed E-state index contributed by atoms with van der Waals surface area (Å²) in [4.78, 5) is 12.6. The highest BCUT2D eigenvalue weighted by molar-refractivity contribution is 5.87. The molecule has 32 heavy (non-hydrogen) atoms. The molecular formula is C27H27FN2O2. The number of phenolic OH excluding ortho intramolecular Hbond substituents is 1. The number of aromatic nitrogens is 2. The van der Waals surface area contributed by atoms with Gasteiger partial charge in [0.05, 0.1) is 17.6 Å². The van der Waals surface area contributed by atoms with Gasteiger partial charge >= 0.3 is 0 Å². The van der Waals surface area contributed by atoms with Crippen molar-refractivity contribution < 1.29 is 14.3 Å². The maximum Gasteiger partial charge on any atom is 0.139 e. The minimum absolute atomic E-state index is 0.139. The number of carbonyl (C=O) groups is 1. The molecule has 2 saturated carbocycles. The molecule has 1 N–H and O–H groups in total. The molecule has 2 fully saturated rings. The summed E-state index contributed by atoms with van der Waals surface area (Å²) in [5, 5.41) is 15.4. The number of phenols is 1. The summed E-state index contributed by atoms with van der Waals surface area (Å²) in [6, 6.07) is 12.2. The van der Waals surface area contributed by atoms with Gasteiger partial charge < -0.3 is 5.11 Å². The van der Waals surface area contributed by atoms with E-state index in [1.165, 1.54) is 23.3 Å². The maximum absolute atomic E-state index is 13.4. The summed E-state index contributed by atoms with van der Waals surface area (Å²) >= 11 is 0. The molecule has 5 heteroatoms. The average molecular weight is 431 g/mol. The topological polar surface area (TPSA) is 55.1 Å². The Kier molecular flexibility index (Phi) is 4.33. The van der Waals surface area contributed by atoms with Crippen molar-refractivity contribution >= 4 is 5.78 Å². The molecule has 0 spiro atoms. The lowest BCUT2D eigenvalue weighted by Gasteiger charge is -2.48. The Morgan fingerprint density at radius 1 is 1.09 bits per heavy atom. The number of Topliss-reactive ketones (excluding diaryl/α,β-unsaturated/α-hetero) is 1. The molecule has 0 unspecified atom stereocenters. The standard InChI is InChI=1S/C27H27FN2O2/c1-27-12-10-19-20(23(27)8-9-26(27)32)7-2-16-14-25(31)22(15-21(16)19)24-11-13-29-30(24)18-5-3-17(28)4-6-18/h3-6,11,13-15,19-20,23,31H,2,7-10,12H2,1H3/t19-,20+,23-,27+/m0/s1. The van der Waals surface area contributed by atoms with Crippen molar-refractivity contribution in [2.45, 2.75) is 51.4 Å². The van der Waals surface area contributed by atoms with Gasteiger partial charge in [-0.25, -0.2) is 9.07 Å². The monoisotopic (exact) mass is 430 g/mol. The first-order valence-corrected chi connectivity index (χ1v) is 11.6. The molecular weight excluding hydrogens is 403 g/mol. The molecule has 0 saturated heterocycles. The molecule has 0 radical (unpaired) electrons. The van der Waals surface area contributed by atoms with Gasteiger partial charge in [0.1, 0.15) is 17.3 Å². The minimum atomic E-state index is -0.292. The second-order valence-corrected chi connectivity index (χ2v) is 10.0. The normalized spacial score (nSPS) is 28.8. The number of hydrogen-bond acceptors (Lipinski definition) is 3. The van der Waals surface area contributed by atoms with E-state index in [4.69, 9.17) is 0 Å². The van der Waals surface area contributed by atoms with Gasteiger partial charge in [0.25, 0.3) is 0 Å². The molecule has 0 aliphatic heterocycles. The van der Waals surface area contributed by atoms with Crippen molar-refractivity contribution in [3.05, 3.63) is 65.6 Å². The van der Waals surface area contributed by atoms with Crippen LogP contribution in [0.25, 0.3) is 16.9 Å².